The molecule has 1 aromatic rings. The standard InChI is InChI=1S/C10H6N3/c1-3-7-9(11-5-1)10-8(13-7)4-2-6-12-10/h1-3,5-6,12H. The van der Waals surface area contributed by atoms with Crippen molar-refractivity contribution in [1.82, 2.24) is 15.0 Å². The smallest absolute Gasteiger partial charge is 0.114 e. The lowest BCUT2D eigenvalue weighted by Gasteiger charge is -1.93. The van der Waals surface area contributed by atoms with Crippen LogP contribution in [-0.4, -0.2) is 15.0 Å². The summed E-state index contributed by atoms with van der Waals surface area (Å²) in [5.41, 5.74) is 3.62. The van der Waals surface area contributed by atoms with Gasteiger partial charge in [0.1, 0.15) is 5.52 Å². The molecule has 0 atom stereocenters. The van der Waals surface area contributed by atoms with E-state index in [2.05, 4.69) is 21.0 Å². The first-order chi connectivity index (χ1) is 6.45. The maximum atomic E-state index is 4.37. The van der Waals surface area contributed by atoms with Crippen molar-refractivity contribution in [2.75, 3.05) is 0 Å². The lowest BCUT2D eigenvalue weighted by atomic mass is 10.2. The normalized spacial score (nSPS) is 11.1. The zero-order valence-corrected chi connectivity index (χ0v) is 6.78. The topological polar surface area (TPSA) is 41.6 Å². The van der Waals surface area contributed by atoms with Crippen molar-refractivity contribution in [2.24, 2.45) is 0 Å². The Labute approximate surface area is 74.8 Å². The first-order valence-electron chi connectivity index (χ1n) is 4.05. The van der Waals surface area contributed by atoms with Gasteiger partial charge in [0.15, 0.2) is 0 Å². The number of nitrogens with zero attached hydrogens (tertiary/aromatic N) is 2. The van der Waals surface area contributed by atoms with Gasteiger partial charge in [-0.1, -0.05) is 0 Å². The summed E-state index contributed by atoms with van der Waals surface area (Å²) in [6, 6.07) is 8.70. The third-order valence-electron chi connectivity index (χ3n) is 2.02. The van der Waals surface area contributed by atoms with E-state index in [1.807, 2.05) is 24.4 Å². The van der Waals surface area contributed by atoms with E-state index in [1.165, 1.54) is 0 Å². The average Bonchev–Trinajstić information content (AvgIpc) is 2.56. The van der Waals surface area contributed by atoms with E-state index >= 15 is 0 Å². The van der Waals surface area contributed by atoms with Gasteiger partial charge in [-0.25, -0.2) is 4.98 Å². The Morgan fingerprint density at radius 3 is 3.38 bits per heavy atom. The molecule has 0 spiro atoms. The van der Waals surface area contributed by atoms with Crippen LogP contribution in [0, 0.1) is 6.07 Å². The summed E-state index contributed by atoms with van der Waals surface area (Å²) in [5, 5.41) is 0. The minimum Gasteiger partial charge on any atom is -0.358 e. The molecule has 61 valence electrons. The third kappa shape index (κ3) is 0.839. The van der Waals surface area contributed by atoms with Gasteiger partial charge in [0, 0.05) is 18.5 Å². The Bertz CT molecular complexity index is 527. The lowest BCUT2D eigenvalue weighted by molar-refractivity contribution is 1.30. The van der Waals surface area contributed by atoms with Crippen LogP contribution >= 0.6 is 0 Å². The molecule has 3 heterocycles. The maximum Gasteiger partial charge on any atom is 0.114 e. The number of aromatic amines is 1. The predicted molar refractivity (Wildman–Crippen MR) is 49.3 cm³/mol. The molecule has 3 rings (SSSR count). The van der Waals surface area contributed by atoms with Gasteiger partial charge in [-0.15, -0.1) is 0 Å². The van der Waals surface area contributed by atoms with E-state index in [0.29, 0.717) is 0 Å². The number of fused-ring (bicyclic) bond motifs is 3. The molecule has 1 aromatic heterocycles. The highest BCUT2D eigenvalue weighted by atomic mass is 14.9. The van der Waals surface area contributed by atoms with Crippen molar-refractivity contribution in [2.45, 2.75) is 0 Å². The molecule has 2 aliphatic rings. The summed E-state index contributed by atoms with van der Waals surface area (Å²) >= 11 is 0. The average molecular weight is 168 g/mol. The van der Waals surface area contributed by atoms with Crippen molar-refractivity contribution in [3.05, 3.63) is 36.7 Å². The Morgan fingerprint density at radius 2 is 2.38 bits per heavy atom. The quantitative estimate of drug-likeness (QED) is 0.556. The molecule has 0 unspecified atom stereocenters. The van der Waals surface area contributed by atoms with Gasteiger partial charge in [0.05, 0.1) is 16.9 Å². The lowest BCUT2D eigenvalue weighted by Crippen LogP contribution is -1.81. The Balaban J connectivity index is 2.56. The molecule has 2 aliphatic heterocycles. The fraction of sp³-hybridized carbons (Fsp3) is 0. The summed E-state index contributed by atoms with van der Waals surface area (Å²) in [6.07, 6.45) is 3.60. The summed E-state index contributed by atoms with van der Waals surface area (Å²) in [5.74, 6) is 0. The highest BCUT2D eigenvalue weighted by Crippen LogP contribution is 2.25. The highest BCUT2D eigenvalue weighted by Gasteiger charge is 2.11. The zero-order chi connectivity index (χ0) is 8.67. The van der Waals surface area contributed by atoms with E-state index < -0.39 is 0 Å². The number of aromatic nitrogens is 3. The molecule has 1 radical (unpaired) electrons. The number of rotatable bonds is 0. The van der Waals surface area contributed by atoms with Crippen molar-refractivity contribution in [3.63, 3.8) is 0 Å². The third-order valence-corrected chi connectivity index (χ3v) is 2.02. The molecule has 0 amide bonds. The Hall–Kier alpha value is -1.90. The van der Waals surface area contributed by atoms with Crippen LogP contribution < -0.4 is 0 Å². The number of hydrogen-bond acceptors (Lipinski definition) is 2. The van der Waals surface area contributed by atoms with E-state index in [-0.39, 0.29) is 0 Å². The van der Waals surface area contributed by atoms with Crippen LogP contribution in [0.4, 0.5) is 0 Å². The van der Waals surface area contributed by atoms with Crippen molar-refractivity contribution in [3.8, 4) is 11.4 Å². The molecule has 3 nitrogen and oxygen atoms in total. The molecule has 1 N–H and O–H groups in total. The zero-order valence-electron chi connectivity index (χ0n) is 6.78. The number of H-pyrrole nitrogens is 1. The molecular weight excluding hydrogens is 162 g/mol. The van der Waals surface area contributed by atoms with Crippen LogP contribution in [0.3, 0.4) is 0 Å². The second kappa shape index (κ2) is 2.29. The summed E-state index contributed by atoms with van der Waals surface area (Å²) in [6.45, 7) is 0. The molecule has 0 bridgehead atoms. The summed E-state index contributed by atoms with van der Waals surface area (Å²) < 4.78 is 0. The monoisotopic (exact) mass is 168 g/mol. The van der Waals surface area contributed by atoms with Crippen LogP contribution in [0.15, 0.2) is 30.6 Å². The van der Waals surface area contributed by atoms with Gasteiger partial charge in [-0.2, -0.15) is 0 Å². The first kappa shape index (κ1) is 6.60. The fourth-order valence-corrected chi connectivity index (χ4v) is 1.45. The van der Waals surface area contributed by atoms with Crippen molar-refractivity contribution >= 4 is 11.0 Å². The van der Waals surface area contributed by atoms with E-state index in [4.69, 9.17) is 0 Å². The number of hydrogen-bond donors (Lipinski definition) is 1. The van der Waals surface area contributed by atoms with E-state index in [1.54, 1.807) is 6.20 Å². The van der Waals surface area contributed by atoms with Crippen LogP contribution in [0.1, 0.15) is 0 Å². The summed E-state index contributed by atoms with van der Waals surface area (Å²) in [7, 11) is 0. The second-order valence-electron chi connectivity index (χ2n) is 2.83. The molecular formula is C10H6N3. The van der Waals surface area contributed by atoms with Gasteiger partial charge < -0.3 is 4.98 Å². The minimum atomic E-state index is 0.844. The second-order valence-corrected chi connectivity index (χ2v) is 2.83. The largest absolute Gasteiger partial charge is 0.358 e. The van der Waals surface area contributed by atoms with Gasteiger partial charge in [0.2, 0.25) is 0 Å². The number of pyridine rings is 2. The van der Waals surface area contributed by atoms with Gasteiger partial charge in [0.25, 0.3) is 0 Å². The number of nitrogens with one attached hydrogen (secondary N) is 1. The highest BCUT2D eigenvalue weighted by molar-refractivity contribution is 5.91. The van der Waals surface area contributed by atoms with Crippen LogP contribution in [-0.2, 0) is 0 Å². The van der Waals surface area contributed by atoms with Crippen LogP contribution in [0.2, 0.25) is 0 Å². The molecule has 0 aliphatic carbocycles. The van der Waals surface area contributed by atoms with Crippen molar-refractivity contribution < 1.29 is 0 Å². The van der Waals surface area contributed by atoms with Crippen molar-refractivity contribution in [1.29, 1.82) is 0 Å². The minimum absolute atomic E-state index is 0.844. The predicted octanol–water partition coefficient (Wildman–Crippen LogP) is 1.86. The van der Waals surface area contributed by atoms with E-state index in [9.17, 15) is 0 Å². The Morgan fingerprint density at radius 1 is 1.38 bits per heavy atom. The molecule has 0 aromatic carbocycles. The Kier molecular flexibility index (Phi) is 1.16. The SMILES string of the molecule is [c]1cc[nH]c2c3ncccc3nc1-2. The van der Waals surface area contributed by atoms with Gasteiger partial charge >= 0.3 is 0 Å². The van der Waals surface area contributed by atoms with Crippen LogP contribution in [0.5, 0.6) is 0 Å². The first-order valence-corrected chi connectivity index (χ1v) is 4.05. The molecule has 3 heteroatoms. The molecule has 0 fully saturated rings. The molecule has 0 saturated carbocycles. The van der Waals surface area contributed by atoms with Gasteiger partial charge in [-0.3, -0.25) is 4.98 Å². The van der Waals surface area contributed by atoms with E-state index in [0.717, 1.165) is 22.4 Å². The molecule has 0 saturated heterocycles. The maximum absolute atomic E-state index is 4.37. The molecule has 13 heavy (non-hydrogen) atoms. The van der Waals surface area contributed by atoms with Gasteiger partial charge in [-0.05, 0) is 18.2 Å². The summed E-state index contributed by atoms with van der Waals surface area (Å²) in [4.78, 5) is 11.7. The fourth-order valence-electron chi connectivity index (χ4n) is 1.45. The van der Waals surface area contributed by atoms with Crippen LogP contribution in [0.25, 0.3) is 22.4 Å².